The molecule has 0 aromatic heterocycles. The van der Waals surface area contributed by atoms with Crippen molar-refractivity contribution in [1.82, 2.24) is 5.32 Å². The van der Waals surface area contributed by atoms with E-state index in [4.69, 9.17) is 9.47 Å². The molecule has 0 radical (unpaired) electrons. The van der Waals surface area contributed by atoms with Crippen molar-refractivity contribution in [3.63, 3.8) is 0 Å². The molecule has 1 unspecified atom stereocenters. The zero-order chi connectivity index (χ0) is 14.7. The molecule has 3 rings (SSSR count). The number of hydrogen-bond acceptors (Lipinski definition) is 3. The molecule has 110 valence electrons. The van der Waals surface area contributed by atoms with Gasteiger partial charge in [0.25, 0.3) is 0 Å². The zero-order valence-corrected chi connectivity index (χ0v) is 12.6. The first kappa shape index (κ1) is 14.0. The van der Waals surface area contributed by atoms with Gasteiger partial charge in [0.1, 0.15) is 13.2 Å². The first-order valence-corrected chi connectivity index (χ1v) is 7.49. The van der Waals surface area contributed by atoms with Gasteiger partial charge in [0.05, 0.1) is 0 Å². The Kier molecular flexibility index (Phi) is 4.11. The maximum Gasteiger partial charge on any atom is 0.161 e. The summed E-state index contributed by atoms with van der Waals surface area (Å²) in [7, 11) is 2.00. The second-order valence-electron chi connectivity index (χ2n) is 5.23. The smallest absolute Gasteiger partial charge is 0.161 e. The molecular formula is C18H21NO2. The van der Waals surface area contributed by atoms with Crippen LogP contribution in [-0.4, -0.2) is 20.3 Å². The highest BCUT2D eigenvalue weighted by Gasteiger charge is 2.12. The lowest BCUT2D eigenvalue weighted by atomic mass is 9.99. The Morgan fingerprint density at radius 3 is 2.29 bits per heavy atom. The second-order valence-corrected chi connectivity index (χ2v) is 5.23. The summed E-state index contributed by atoms with van der Waals surface area (Å²) in [6, 6.07) is 15.3. The van der Waals surface area contributed by atoms with Crippen molar-refractivity contribution in [2.45, 2.75) is 19.4 Å². The summed E-state index contributed by atoms with van der Waals surface area (Å²) in [5, 5.41) is 3.33. The van der Waals surface area contributed by atoms with Crippen LogP contribution >= 0.6 is 0 Å². The van der Waals surface area contributed by atoms with Crippen molar-refractivity contribution in [3.05, 3.63) is 48.0 Å². The van der Waals surface area contributed by atoms with Gasteiger partial charge in [0.2, 0.25) is 0 Å². The molecule has 1 aliphatic heterocycles. The van der Waals surface area contributed by atoms with E-state index in [2.05, 4.69) is 48.6 Å². The Balaban J connectivity index is 1.87. The lowest BCUT2D eigenvalue weighted by molar-refractivity contribution is 0.171. The van der Waals surface area contributed by atoms with Crippen LogP contribution in [-0.2, 0) is 0 Å². The summed E-state index contributed by atoms with van der Waals surface area (Å²) in [5.74, 6) is 1.67. The van der Waals surface area contributed by atoms with Crippen LogP contribution in [0.25, 0.3) is 11.1 Å². The predicted octanol–water partition coefficient (Wildman–Crippen LogP) is 3.80. The van der Waals surface area contributed by atoms with Crippen LogP contribution in [0.4, 0.5) is 0 Å². The van der Waals surface area contributed by atoms with Crippen molar-refractivity contribution in [1.29, 1.82) is 0 Å². The first-order valence-electron chi connectivity index (χ1n) is 7.49. The summed E-state index contributed by atoms with van der Waals surface area (Å²) in [6.07, 6.45) is 1.08. The number of nitrogens with one attached hydrogen (secondary N) is 1. The quantitative estimate of drug-likeness (QED) is 0.926. The summed E-state index contributed by atoms with van der Waals surface area (Å²) in [6.45, 7) is 3.44. The van der Waals surface area contributed by atoms with Gasteiger partial charge >= 0.3 is 0 Å². The minimum atomic E-state index is 0.416. The van der Waals surface area contributed by atoms with E-state index in [-0.39, 0.29) is 0 Å². The largest absolute Gasteiger partial charge is 0.486 e. The molecule has 0 fully saturated rings. The van der Waals surface area contributed by atoms with E-state index in [1.165, 1.54) is 11.1 Å². The molecule has 1 aliphatic rings. The van der Waals surface area contributed by atoms with Gasteiger partial charge in [-0.3, -0.25) is 0 Å². The molecule has 1 heterocycles. The SMILES string of the molecule is CCC(NC)c1ccc(-c2ccc3c(c2)OCCO3)cc1. The molecule has 0 saturated carbocycles. The van der Waals surface area contributed by atoms with Crippen LogP contribution in [0.5, 0.6) is 11.5 Å². The van der Waals surface area contributed by atoms with Crippen LogP contribution in [0.1, 0.15) is 24.9 Å². The summed E-state index contributed by atoms with van der Waals surface area (Å²) < 4.78 is 11.2. The lowest BCUT2D eigenvalue weighted by Gasteiger charge is -2.19. The number of rotatable bonds is 4. The Bertz CT molecular complexity index is 603. The summed E-state index contributed by atoms with van der Waals surface area (Å²) in [5.41, 5.74) is 3.67. The minimum absolute atomic E-state index is 0.416. The molecule has 3 heteroatoms. The molecule has 0 saturated heterocycles. The van der Waals surface area contributed by atoms with E-state index in [0.29, 0.717) is 19.3 Å². The van der Waals surface area contributed by atoms with Crippen molar-refractivity contribution in [3.8, 4) is 22.6 Å². The van der Waals surface area contributed by atoms with E-state index in [1.54, 1.807) is 0 Å². The third kappa shape index (κ3) is 2.88. The van der Waals surface area contributed by atoms with Gasteiger partial charge in [0, 0.05) is 6.04 Å². The topological polar surface area (TPSA) is 30.5 Å². The van der Waals surface area contributed by atoms with Crippen molar-refractivity contribution >= 4 is 0 Å². The molecule has 1 atom stereocenters. The van der Waals surface area contributed by atoms with Crippen molar-refractivity contribution in [2.75, 3.05) is 20.3 Å². The third-order valence-corrected chi connectivity index (χ3v) is 3.95. The highest BCUT2D eigenvalue weighted by molar-refractivity contribution is 5.67. The second kappa shape index (κ2) is 6.19. The Morgan fingerprint density at radius 1 is 0.952 bits per heavy atom. The van der Waals surface area contributed by atoms with E-state index in [0.717, 1.165) is 23.5 Å². The molecule has 0 bridgehead atoms. The Morgan fingerprint density at radius 2 is 1.62 bits per heavy atom. The normalized spacial score (nSPS) is 14.8. The number of benzene rings is 2. The minimum Gasteiger partial charge on any atom is -0.486 e. The molecule has 0 aliphatic carbocycles. The lowest BCUT2D eigenvalue weighted by Crippen LogP contribution is -2.15. The summed E-state index contributed by atoms with van der Waals surface area (Å²) >= 11 is 0. The molecule has 3 nitrogen and oxygen atoms in total. The number of fused-ring (bicyclic) bond motifs is 1. The van der Waals surface area contributed by atoms with Crippen molar-refractivity contribution in [2.24, 2.45) is 0 Å². The summed E-state index contributed by atoms with van der Waals surface area (Å²) in [4.78, 5) is 0. The van der Waals surface area contributed by atoms with Crippen LogP contribution in [0.3, 0.4) is 0 Å². The molecule has 0 spiro atoms. The van der Waals surface area contributed by atoms with Gasteiger partial charge in [-0.15, -0.1) is 0 Å². The van der Waals surface area contributed by atoms with Crippen LogP contribution in [0.2, 0.25) is 0 Å². The molecule has 21 heavy (non-hydrogen) atoms. The fourth-order valence-electron chi connectivity index (χ4n) is 2.74. The fraction of sp³-hybridized carbons (Fsp3) is 0.333. The molecule has 0 amide bonds. The van der Waals surface area contributed by atoms with Gasteiger partial charge in [0.15, 0.2) is 11.5 Å². The maximum absolute atomic E-state index is 5.65. The molecule has 1 N–H and O–H groups in total. The molecular weight excluding hydrogens is 262 g/mol. The number of ether oxygens (including phenoxy) is 2. The number of hydrogen-bond donors (Lipinski definition) is 1. The standard InChI is InChI=1S/C18H21NO2/c1-3-16(19-2)14-6-4-13(5-7-14)15-8-9-17-18(12-15)21-11-10-20-17/h4-9,12,16,19H,3,10-11H2,1-2H3. The van der Waals surface area contributed by atoms with Crippen LogP contribution < -0.4 is 14.8 Å². The van der Waals surface area contributed by atoms with E-state index in [1.807, 2.05) is 13.1 Å². The molecule has 2 aromatic rings. The first-order chi connectivity index (χ1) is 10.3. The van der Waals surface area contributed by atoms with Gasteiger partial charge < -0.3 is 14.8 Å². The maximum atomic E-state index is 5.65. The average molecular weight is 283 g/mol. The van der Waals surface area contributed by atoms with Gasteiger partial charge in [-0.1, -0.05) is 37.3 Å². The van der Waals surface area contributed by atoms with Gasteiger partial charge in [-0.25, -0.2) is 0 Å². The van der Waals surface area contributed by atoms with Crippen molar-refractivity contribution < 1.29 is 9.47 Å². The average Bonchev–Trinajstić information content (AvgIpc) is 2.56. The Labute approximate surface area is 125 Å². The third-order valence-electron chi connectivity index (χ3n) is 3.95. The monoisotopic (exact) mass is 283 g/mol. The van der Waals surface area contributed by atoms with Gasteiger partial charge in [-0.2, -0.15) is 0 Å². The Hall–Kier alpha value is -2.00. The van der Waals surface area contributed by atoms with Crippen LogP contribution in [0, 0.1) is 0 Å². The van der Waals surface area contributed by atoms with E-state index < -0.39 is 0 Å². The highest BCUT2D eigenvalue weighted by atomic mass is 16.6. The fourth-order valence-corrected chi connectivity index (χ4v) is 2.74. The van der Waals surface area contributed by atoms with Gasteiger partial charge in [-0.05, 0) is 42.3 Å². The van der Waals surface area contributed by atoms with Crippen LogP contribution in [0.15, 0.2) is 42.5 Å². The highest BCUT2D eigenvalue weighted by Crippen LogP contribution is 2.34. The predicted molar refractivity (Wildman–Crippen MR) is 85.0 cm³/mol. The van der Waals surface area contributed by atoms with E-state index in [9.17, 15) is 0 Å². The van der Waals surface area contributed by atoms with E-state index >= 15 is 0 Å². The molecule has 2 aromatic carbocycles. The zero-order valence-electron chi connectivity index (χ0n) is 12.6.